The Balaban J connectivity index is 1.40. The Morgan fingerprint density at radius 1 is 0.511 bits per heavy atom. The van der Waals surface area contributed by atoms with Gasteiger partial charge >= 0.3 is 0 Å². The molecule has 238 valence electrons. The van der Waals surface area contributed by atoms with Gasteiger partial charge in [0.2, 0.25) is 0 Å². The van der Waals surface area contributed by atoms with E-state index in [4.69, 9.17) is 70.1 Å². The van der Waals surface area contributed by atoms with Crippen LogP contribution in [-0.4, -0.2) is 42.7 Å². The minimum Gasteiger partial charge on any atom is -0.374 e. The minimum absolute atomic E-state index is 0.287. The Morgan fingerprint density at radius 2 is 0.867 bits per heavy atom. The maximum Gasteiger partial charge on any atom is 0.132 e. The molecular weight excluding hydrogens is 674 g/mol. The molecule has 1 saturated heterocycles. The van der Waals surface area contributed by atoms with Gasteiger partial charge in [0.05, 0.1) is 33.0 Å². The summed E-state index contributed by atoms with van der Waals surface area (Å²) < 4.78 is 32.8. The second-order valence-electron chi connectivity index (χ2n) is 10.6. The zero-order valence-electron chi connectivity index (χ0n) is 24.6. The molecule has 5 nitrogen and oxygen atoms in total. The number of halogens is 4. The number of rotatable bonds is 14. The second-order valence-corrected chi connectivity index (χ2v) is 13.3. The van der Waals surface area contributed by atoms with Crippen molar-refractivity contribution in [3.05, 3.63) is 139 Å². The molecule has 4 aromatic rings. The highest BCUT2D eigenvalue weighted by Gasteiger charge is 2.48. The summed E-state index contributed by atoms with van der Waals surface area (Å²) in [5.41, 5.74) is 3.61. The highest BCUT2D eigenvalue weighted by molar-refractivity contribution is 7.99. The van der Waals surface area contributed by atoms with E-state index in [0.29, 0.717) is 46.5 Å². The smallest absolute Gasteiger partial charge is 0.132 e. The van der Waals surface area contributed by atoms with Crippen LogP contribution in [0, 0.1) is 0 Å². The topological polar surface area (TPSA) is 46.2 Å². The first-order valence-electron chi connectivity index (χ1n) is 14.5. The molecule has 0 radical (unpaired) electrons. The van der Waals surface area contributed by atoms with Crippen molar-refractivity contribution in [2.24, 2.45) is 0 Å². The van der Waals surface area contributed by atoms with Gasteiger partial charge in [-0.2, -0.15) is 0 Å². The second kappa shape index (κ2) is 17.4. The zero-order valence-corrected chi connectivity index (χ0v) is 28.5. The Kier molecular flexibility index (Phi) is 13.3. The van der Waals surface area contributed by atoms with Gasteiger partial charge < -0.3 is 23.7 Å². The van der Waals surface area contributed by atoms with E-state index in [-0.39, 0.29) is 12.0 Å². The summed E-state index contributed by atoms with van der Waals surface area (Å²) in [4.78, 5) is 0. The van der Waals surface area contributed by atoms with Gasteiger partial charge in [0.25, 0.3) is 0 Å². The summed E-state index contributed by atoms with van der Waals surface area (Å²) in [6.45, 7) is 1.70. The van der Waals surface area contributed by atoms with Gasteiger partial charge in [-0.05, 0) is 77.0 Å². The summed E-state index contributed by atoms with van der Waals surface area (Å²) in [6, 6.07) is 30.4. The van der Waals surface area contributed by atoms with Gasteiger partial charge in [-0.15, -0.1) is 11.8 Å². The highest BCUT2D eigenvalue weighted by atomic mass is 35.5. The number of hydrogen-bond acceptors (Lipinski definition) is 6. The SMILES string of the molecule is CSC1O[C@H](COCc2ccc(Cl)cc2)[C@H](OCc2ccc(Cl)cc2)[C@H](OCc2ccc(Cl)cc2)[C@H]1OCc1ccc(Cl)cc1. The van der Waals surface area contributed by atoms with Gasteiger partial charge in [-0.3, -0.25) is 0 Å². The van der Waals surface area contributed by atoms with Crippen LogP contribution in [0.3, 0.4) is 0 Å². The van der Waals surface area contributed by atoms with E-state index < -0.39 is 24.4 Å². The summed E-state index contributed by atoms with van der Waals surface area (Å²) >= 11 is 26.0. The van der Waals surface area contributed by atoms with Crippen molar-refractivity contribution in [3.8, 4) is 0 Å². The number of benzene rings is 4. The molecule has 1 fully saturated rings. The molecular formula is C35H34Cl4O5S. The molecule has 10 heteroatoms. The minimum atomic E-state index is -0.517. The predicted molar refractivity (Wildman–Crippen MR) is 183 cm³/mol. The van der Waals surface area contributed by atoms with Crippen LogP contribution in [0.5, 0.6) is 0 Å². The molecule has 0 bridgehead atoms. The van der Waals surface area contributed by atoms with Crippen molar-refractivity contribution < 1.29 is 23.7 Å². The van der Waals surface area contributed by atoms with E-state index in [9.17, 15) is 0 Å². The quantitative estimate of drug-likeness (QED) is 0.130. The van der Waals surface area contributed by atoms with Crippen LogP contribution in [0.25, 0.3) is 0 Å². The molecule has 0 amide bonds. The largest absolute Gasteiger partial charge is 0.374 e. The third-order valence-corrected chi connectivity index (χ3v) is 9.21. The maximum absolute atomic E-state index is 6.69. The van der Waals surface area contributed by atoms with E-state index in [2.05, 4.69) is 0 Å². The van der Waals surface area contributed by atoms with Crippen LogP contribution in [0.15, 0.2) is 97.1 Å². The lowest BCUT2D eigenvalue weighted by Gasteiger charge is -2.45. The molecule has 0 N–H and O–H groups in total. The van der Waals surface area contributed by atoms with Crippen molar-refractivity contribution in [2.45, 2.75) is 56.3 Å². The Morgan fingerprint density at radius 3 is 1.27 bits per heavy atom. The standard InChI is InChI=1S/C35H34Cl4O5S/c1-45-35-34(43-21-26-8-16-30(39)17-9-26)33(42-20-25-6-14-29(38)15-7-25)32(41-19-24-4-12-28(37)13-5-24)31(44-35)22-40-18-23-2-10-27(36)11-3-23/h2-17,31-35H,18-22H2,1H3/t31-,32+,33+,34-,35?/m1/s1. The first-order chi connectivity index (χ1) is 21.9. The fourth-order valence-corrected chi connectivity index (χ4v) is 6.22. The lowest BCUT2D eigenvalue weighted by atomic mass is 9.98. The van der Waals surface area contributed by atoms with E-state index in [1.54, 1.807) is 11.8 Å². The molecule has 4 aromatic carbocycles. The fraction of sp³-hybridized carbons (Fsp3) is 0.314. The monoisotopic (exact) mass is 706 g/mol. The number of thioether (sulfide) groups is 1. The molecule has 1 aliphatic heterocycles. The first kappa shape index (κ1) is 34.5. The number of ether oxygens (including phenoxy) is 5. The average molecular weight is 709 g/mol. The summed E-state index contributed by atoms with van der Waals surface area (Å²) in [6.07, 6.45) is 0.103. The van der Waals surface area contributed by atoms with E-state index >= 15 is 0 Å². The molecule has 0 saturated carbocycles. The molecule has 5 atom stereocenters. The fourth-order valence-electron chi connectivity index (χ4n) is 4.96. The molecule has 0 aliphatic carbocycles. The van der Waals surface area contributed by atoms with Gasteiger partial charge in [0, 0.05) is 20.1 Å². The third kappa shape index (κ3) is 10.3. The van der Waals surface area contributed by atoms with Crippen molar-refractivity contribution in [2.75, 3.05) is 12.9 Å². The summed E-state index contributed by atoms with van der Waals surface area (Å²) in [7, 11) is 0. The maximum atomic E-state index is 6.69. The van der Waals surface area contributed by atoms with Crippen molar-refractivity contribution in [1.29, 1.82) is 0 Å². The van der Waals surface area contributed by atoms with Crippen LogP contribution in [0.1, 0.15) is 22.3 Å². The Bertz CT molecular complexity index is 1460. The Hall–Kier alpha value is -1.81. The molecule has 45 heavy (non-hydrogen) atoms. The number of hydrogen-bond donors (Lipinski definition) is 0. The van der Waals surface area contributed by atoms with Crippen LogP contribution >= 0.6 is 58.2 Å². The molecule has 0 aromatic heterocycles. The lowest BCUT2D eigenvalue weighted by molar-refractivity contribution is -0.254. The zero-order chi connectivity index (χ0) is 31.6. The molecule has 1 unspecified atom stereocenters. The normalized spacial score (nSPS) is 21.6. The van der Waals surface area contributed by atoms with Crippen molar-refractivity contribution in [1.82, 2.24) is 0 Å². The lowest BCUT2D eigenvalue weighted by Crippen LogP contribution is -2.60. The van der Waals surface area contributed by atoms with E-state index in [1.807, 2.05) is 103 Å². The van der Waals surface area contributed by atoms with Gasteiger partial charge in [0.1, 0.15) is 29.9 Å². The summed E-state index contributed by atoms with van der Waals surface area (Å²) in [5.74, 6) is 0. The van der Waals surface area contributed by atoms with Crippen molar-refractivity contribution >= 4 is 58.2 Å². The van der Waals surface area contributed by atoms with Crippen LogP contribution in [0.2, 0.25) is 20.1 Å². The van der Waals surface area contributed by atoms with Gasteiger partial charge in [-0.25, -0.2) is 0 Å². The van der Waals surface area contributed by atoms with Crippen molar-refractivity contribution in [3.63, 3.8) is 0 Å². The molecule has 1 aliphatic rings. The Labute approximate surface area is 289 Å². The third-order valence-electron chi connectivity index (χ3n) is 7.35. The summed E-state index contributed by atoms with van der Waals surface area (Å²) in [5, 5.41) is 2.68. The average Bonchev–Trinajstić information content (AvgIpc) is 3.05. The van der Waals surface area contributed by atoms with E-state index in [1.165, 1.54) is 0 Å². The molecule has 1 heterocycles. The van der Waals surface area contributed by atoms with Gasteiger partial charge in [-0.1, -0.05) is 94.9 Å². The van der Waals surface area contributed by atoms with Crippen LogP contribution < -0.4 is 0 Å². The highest BCUT2D eigenvalue weighted by Crippen LogP contribution is 2.35. The van der Waals surface area contributed by atoms with Crippen LogP contribution in [-0.2, 0) is 50.1 Å². The molecule has 5 rings (SSSR count). The first-order valence-corrected chi connectivity index (χ1v) is 17.3. The van der Waals surface area contributed by atoms with Crippen LogP contribution in [0.4, 0.5) is 0 Å². The van der Waals surface area contributed by atoms with E-state index in [0.717, 1.165) is 22.3 Å². The molecule has 0 spiro atoms. The van der Waals surface area contributed by atoms with Gasteiger partial charge in [0.15, 0.2) is 0 Å². The predicted octanol–water partition coefficient (Wildman–Crippen LogP) is 9.66.